The summed E-state index contributed by atoms with van der Waals surface area (Å²) in [6, 6.07) is 8.57. The lowest BCUT2D eigenvalue weighted by atomic mass is 9.93. The predicted molar refractivity (Wildman–Crippen MR) is 73.4 cm³/mol. The van der Waals surface area contributed by atoms with E-state index >= 15 is 0 Å². The van der Waals surface area contributed by atoms with Gasteiger partial charge in [-0.15, -0.1) is 0 Å². The van der Waals surface area contributed by atoms with Crippen LogP contribution in [0, 0.1) is 0 Å². The summed E-state index contributed by atoms with van der Waals surface area (Å²) in [5.41, 5.74) is 1.35. The summed E-state index contributed by atoms with van der Waals surface area (Å²) in [4.78, 5) is 16.3. The largest absolute Gasteiger partial charge is 0.293 e. The van der Waals surface area contributed by atoms with Crippen molar-refractivity contribution in [2.75, 3.05) is 0 Å². The SMILES string of the molecule is CC(C(=O)c1ccc(Cl)cc1Cl)c1cccnc1. The highest BCUT2D eigenvalue weighted by Gasteiger charge is 2.19. The lowest BCUT2D eigenvalue weighted by Gasteiger charge is -2.11. The highest BCUT2D eigenvalue weighted by molar-refractivity contribution is 6.37. The smallest absolute Gasteiger partial charge is 0.171 e. The molecule has 1 heterocycles. The maximum Gasteiger partial charge on any atom is 0.171 e. The average molecular weight is 280 g/mol. The van der Waals surface area contributed by atoms with Crippen LogP contribution in [0.3, 0.4) is 0 Å². The Bertz CT molecular complexity index is 569. The van der Waals surface area contributed by atoms with E-state index in [1.54, 1.807) is 30.6 Å². The Labute approximate surface area is 116 Å². The van der Waals surface area contributed by atoms with Crippen LogP contribution >= 0.6 is 23.2 Å². The molecule has 2 aromatic rings. The zero-order chi connectivity index (χ0) is 13.1. The summed E-state index contributed by atoms with van der Waals surface area (Å²) < 4.78 is 0. The first-order valence-corrected chi connectivity index (χ1v) is 6.24. The third kappa shape index (κ3) is 2.71. The third-order valence-electron chi connectivity index (χ3n) is 2.77. The minimum Gasteiger partial charge on any atom is -0.293 e. The number of ketones is 1. The van der Waals surface area contributed by atoms with Crippen LogP contribution in [0.1, 0.15) is 28.8 Å². The Morgan fingerprint density at radius 2 is 2.06 bits per heavy atom. The molecule has 2 rings (SSSR count). The number of benzene rings is 1. The van der Waals surface area contributed by atoms with E-state index in [0.717, 1.165) is 5.56 Å². The van der Waals surface area contributed by atoms with E-state index in [-0.39, 0.29) is 11.7 Å². The Morgan fingerprint density at radius 1 is 1.28 bits per heavy atom. The molecule has 0 aliphatic rings. The molecule has 1 aromatic carbocycles. The zero-order valence-electron chi connectivity index (χ0n) is 9.73. The maximum atomic E-state index is 12.3. The van der Waals surface area contributed by atoms with E-state index in [2.05, 4.69) is 4.98 Å². The highest BCUT2D eigenvalue weighted by Crippen LogP contribution is 2.26. The molecule has 0 radical (unpaired) electrons. The van der Waals surface area contributed by atoms with Gasteiger partial charge in [-0.1, -0.05) is 36.2 Å². The van der Waals surface area contributed by atoms with Crippen LogP contribution in [0.2, 0.25) is 10.0 Å². The Balaban J connectivity index is 2.32. The topological polar surface area (TPSA) is 30.0 Å². The normalized spacial score (nSPS) is 12.2. The van der Waals surface area contributed by atoms with E-state index < -0.39 is 0 Å². The number of carbonyl (C=O) groups excluding carboxylic acids is 1. The summed E-state index contributed by atoms with van der Waals surface area (Å²) >= 11 is 11.8. The number of hydrogen-bond acceptors (Lipinski definition) is 2. The van der Waals surface area contributed by atoms with Crippen molar-refractivity contribution in [2.45, 2.75) is 12.8 Å². The Hall–Kier alpha value is -1.38. The quantitative estimate of drug-likeness (QED) is 0.781. The molecule has 0 bridgehead atoms. The predicted octanol–water partition coefficient (Wildman–Crippen LogP) is 4.37. The van der Waals surface area contributed by atoms with E-state index in [1.165, 1.54) is 0 Å². The van der Waals surface area contributed by atoms with Crippen LogP contribution in [0.5, 0.6) is 0 Å². The van der Waals surface area contributed by atoms with Crippen molar-refractivity contribution < 1.29 is 4.79 Å². The van der Waals surface area contributed by atoms with Gasteiger partial charge in [-0.3, -0.25) is 9.78 Å². The standard InChI is InChI=1S/C14H11Cl2NO/c1-9(10-3-2-6-17-8-10)14(18)12-5-4-11(15)7-13(12)16/h2-9H,1H3. The number of Topliss-reactive ketones (excluding diaryl/α,β-unsaturated/α-hetero) is 1. The van der Waals surface area contributed by atoms with Gasteiger partial charge in [0.2, 0.25) is 0 Å². The molecule has 1 atom stereocenters. The average Bonchev–Trinajstić information content (AvgIpc) is 2.38. The van der Waals surface area contributed by atoms with Gasteiger partial charge < -0.3 is 0 Å². The lowest BCUT2D eigenvalue weighted by Crippen LogP contribution is -2.10. The molecule has 0 saturated carbocycles. The summed E-state index contributed by atoms with van der Waals surface area (Å²) in [5.74, 6) is -0.318. The van der Waals surface area contributed by atoms with Gasteiger partial charge in [-0.05, 0) is 29.8 Å². The molecule has 0 aliphatic carbocycles. The lowest BCUT2D eigenvalue weighted by molar-refractivity contribution is 0.0966. The summed E-state index contributed by atoms with van der Waals surface area (Å²) in [5, 5.41) is 0.897. The molecule has 92 valence electrons. The van der Waals surface area contributed by atoms with E-state index in [1.807, 2.05) is 19.1 Å². The molecule has 0 N–H and O–H groups in total. The second-order valence-corrected chi connectivity index (χ2v) is 4.84. The van der Waals surface area contributed by atoms with Gasteiger partial charge >= 0.3 is 0 Å². The molecule has 0 amide bonds. The monoisotopic (exact) mass is 279 g/mol. The number of aromatic nitrogens is 1. The Morgan fingerprint density at radius 3 is 2.67 bits per heavy atom. The number of rotatable bonds is 3. The fourth-order valence-corrected chi connectivity index (χ4v) is 2.21. The van der Waals surface area contributed by atoms with Crippen LogP contribution in [0.15, 0.2) is 42.7 Å². The van der Waals surface area contributed by atoms with Crippen molar-refractivity contribution in [3.8, 4) is 0 Å². The van der Waals surface area contributed by atoms with E-state index in [0.29, 0.717) is 15.6 Å². The molecule has 18 heavy (non-hydrogen) atoms. The molecule has 1 aromatic heterocycles. The van der Waals surface area contributed by atoms with Gasteiger partial charge in [0.1, 0.15) is 0 Å². The summed E-state index contributed by atoms with van der Waals surface area (Å²) in [6.45, 7) is 1.84. The Kier molecular flexibility index (Phi) is 4.00. The molecular formula is C14H11Cl2NO. The second-order valence-electron chi connectivity index (χ2n) is 4.00. The fourth-order valence-electron chi connectivity index (χ4n) is 1.71. The van der Waals surface area contributed by atoms with Gasteiger partial charge in [-0.25, -0.2) is 0 Å². The van der Waals surface area contributed by atoms with Crippen LogP contribution < -0.4 is 0 Å². The van der Waals surface area contributed by atoms with Gasteiger partial charge in [0, 0.05) is 28.9 Å². The van der Waals surface area contributed by atoms with Crippen molar-refractivity contribution in [3.05, 3.63) is 63.9 Å². The molecule has 2 nitrogen and oxygen atoms in total. The molecule has 0 spiro atoms. The van der Waals surface area contributed by atoms with Gasteiger partial charge in [0.05, 0.1) is 5.02 Å². The van der Waals surface area contributed by atoms with Crippen LogP contribution in [-0.2, 0) is 0 Å². The van der Waals surface area contributed by atoms with Crippen LogP contribution in [0.25, 0.3) is 0 Å². The first-order chi connectivity index (χ1) is 8.59. The molecule has 0 aliphatic heterocycles. The van der Waals surface area contributed by atoms with E-state index in [4.69, 9.17) is 23.2 Å². The minimum absolute atomic E-state index is 0.0373. The molecule has 4 heteroatoms. The summed E-state index contributed by atoms with van der Waals surface area (Å²) in [7, 11) is 0. The zero-order valence-corrected chi connectivity index (χ0v) is 11.2. The van der Waals surface area contributed by atoms with E-state index in [9.17, 15) is 4.79 Å². The number of nitrogens with zero attached hydrogens (tertiary/aromatic N) is 1. The molecular weight excluding hydrogens is 269 g/mol. The molecule has 0 saturated heterocycles. The van der Waals surface area contributed by atoms with Crippen molar-refractivity contribution in [1.29, 1.82) is 0 Å². The number of halogens is 2. The number of hydrogen-bond donors (Lipinski definition) is 0. The van der Waals surface area contributed by atoms with Gasteiger partial charge in [0.15, 0.2) is 5.78 Å². The fraction of sp³-hybridized carbons (Fsp3) is 0.143. The van der Waals surface area contributed by atoms with Gasteiger partial charge in [-0.2, -0.15) is 0 Å². The number of carbonyl (C=O) groups is 1. The summed E-state index contributed by atoms with van der Waals surface area (Å²) in [6.07, 6.45) is 3.36. The maximum absolute atomic E-state index is 12.3. The molecule has 0 fully saturated rings. The number of pyridine rings is 1. The second kappa shape index (κ2) is 5.51. The van der Waals surface area contributed by atoms with Crippen molar-refractivity contribution in [2.24, 2.45) is 0 Å². The van der Waals surface area contributed by atoms with Crippen molar-refractivity contribution >= 4 is 29.0 Å². The van der Waals surface area contributed by atoms with Gasteiger partial charge in [0.25, 0.3) is 0 Å². The first-order valence-electron chi connectivity index (χ1n) is 5.49. The van der Waals surface area contributed by atoms with Crippen LogP contribution in [-0.4, -0.2) is 10.8 Å². The van der Waals surface area contributed by atoms with Crippen LogP contribution in [0.4, 0.5) is 0 Å². The van der Waals surface area contributed by atoms with Crippen molar-refractivity contribution in [3.63, 3.8) is 0 Å². The third-order valence-corrected chi connectivity index (χ3v) is 3.32. The first kappa shape index (κ1) is 13.1. The highest BCUT2D eigenvalue weighted by atomic mass is 35.5. The van der Waals surface area contributed by atoms with Crippen molar-refractivity contribution in [1.82, 2.24) is 4.98 Å². The molecule has 1 unspecified atom stereocenters. The minimum atomic E-state index is -0.280.